The van der Waals surface area contributed by atoms with Crippen LogP contribution in [0, 0.1) is 6.92 Å². The van der Waals surface area contributed by atoms with E-state index in [1.807, 2.05) is 15.8 Å². The van der Waals surface area contributed by atoms with Gasteiger partial charge in [-0.2, -0.15) is 5.10 Å². The predicted molar refractivity (Wildman–Crippen MR) is 107 cm³/mol. The Morgan fingerprint density at radius 3 is 2.67 bits per heavy atom. The molecule has 2 aliphatic rings. The summed E-state index contributed by atoms with van der Waals surface area (Å²) in [6.07, 6.45) is 4.53. The zero-order valence-electron chi connectivity index (χ0n) is 16.5. The number of carbonyl (C=O) groups excluding carboxylic acids is 1. The molecule has 1 amide bonds. The molecule has 2 aromatic rings. The molecule has 7 nitrogen and oxygen atoms in total. The Balaban J connectivity index is 1.60. The summed E-state index contributed by atoms with van der Waals surface area (Å²) < 4.78 is 1.97. The summed E-state index contributed by atoms with van der Waals surface area (Å²) in [6, 6.07) is 0.103. The molecule has 2 aliphatic heterocycles. The van der Waals surface area contributed by atoms with Gasteiger partial charge in [0.2, 0.25) is 0 Å². The fraction of sp³-hybridized carbons (Fsp3) is 0.632. The lowest BCUT2D eigenvalue weighted by Crippen LogP contribution is -2.48. The second kappa shape index (κ2) is 6.91. The molecular weight excluding hydrogens is 360 g/mol. The lowest BCUT2D eigenvalue weighted by atomic mass is 9.93. The topological polar surface area (TPSA) is 66.3 Å². The number of piperazine rings is 1. The molecule has 4 heterocycles. The summed E-state index contributed by atoms with van der Waals surface area (Å²) in [5, 5.41) is 9.20. The van der Waals surface area contributed by atoms with Crippen molar-refractivity contribution in [2.75, 3.05) is 38.0 Å². The first-order valence-electron chi connectivity index (χ1n) is 9.68. The van der Waals surface area contributed by atoms with Gasteiger partial charge < -0.3 is 15.1 Å². The van der Waals surface area contributed by atoms with Crippen LogP contribution in [0.3, 0.4) is 0 Å². The molecule has 8 heteroatoms. The molecule has 27 heavy (non-hydrogen) atoms. The van der Waals surface area contributed by atoms with Crippen LogP contribution in [-0.2, 0) is 5.54 Å². The average Bonchev–Trinajstić information content (AvgIpc) is 3.27. The third-order valence-corrected chi connectivity index (χ3v) is 6.66. The Bertz CT molecular complexity index is 833. The molecule has 1 N–H and O–H groups in total. The number of nitrogens with zero attached hydrogens (tertiary/aromatic N) is 5. The fourth-order valence-electron chi connectivity index (χ4n) is 4.02. The van der Waals surface area contributed by atoms with E-state index < -0.39 is 0 Å². The average molecular weight is 389 g/mol. The molecule has 4 rings (SSSR count). The highest BCUT2D eigenvalue weighted by molar-refractivity contribution is 7.11. The van der Waals surface area contributed by atoms with Crippen molar-refractivity contribution in [1.82, 2.24) is 24.6 Å². The summed E-state index contributed by atoms with van der Waals surface area (Å²) in [5.74, 6) is 0.901. The van der Waals surface area contributed by atoms with E-state index in [1.165, 1.54) is 4.88 Å². The first-order valence-corrected chi connectivity index (χ1v) is 10.5. The summed E-state index contributed by atoms with van der Waals surface area (Å²) in [6.45, 7) is 13.0. The molecule has 0 aliphatic carbocycles. The highest BCUT2D eigenvalue weighted by Gasteiger charge is 2.38. The van der Waals surface area contributed by atoms with Crippen molar-refractivity contribution in [3.8, 4) is 0 Å². The largest absolute Gasteiger partial charge is 0.360 e. The van der Waals surface area contributed by atoms with Crippen molar-refractivity contribution in [2.24, 2.45) is 0 Å². The van der Waals surface area contributed by atoms with Crippen molar-refractivity contribution in [3.05, 3.63) is 27.8 Å². The second-order valence-electron chi connectivity index (χ2n) is 8.07. The van der Waals surface area contributed by atoms with E-state index in [4.69, 9.17) is 0 Å². The number of anilines is 1. The van der Waals surface area contributed by atoms with E-state index in [-0.39, 0.29) is 17.5 Å². The first-order chi connectivity index (χ1) is 12.9. The van der Waals surface area contributed by atoms with Crippen LogP contribution in [0.1, 0.15) is 53.5 Å². The maximum atomic E-state index is 13.2. The number of aromatic nitrogens is 3. The summed E-state index contributed by atoms with van der Waals surface area (Å²) >= 11 is 1.71. The Morgan fingerprint density at radius 2 is 2.04 bits per heavy atom. The maximum absolute atomic E-state index is 13.2. The number of thiazole rings is 1. The smallest absolute Gasteiger partial charge is 0.259 e. The number of hydrogen-bond acceptors (Lipinski definition) is 6. The van der Waals surface area contributed by atoms with Crippen LogP contribution in [0.2, 0.25) is 0 Å². The zero-order chi connectivity index (χ0) is 19.2. The van der Waals surface area contributed by atoms with E-state index in [1.54, 1.807) is 17.5 Å². The number of nitrogens with one attached hydrogen (secondary N) is 1. The van der Waals surface area contributed by atoms with Crippen molar-refractivity contribution >= 4 is 23.1 Å². The maximum Gasteiger partial charge on any atom is 0.259 e. The molecule has 1 unspecified atom stereocenters. The van der Waals surface area contributed by atoms with Gasteiger partial charge in [0.25, 0.3) is 5.91 Å². The number of aryl methyl sites for hydroxylation is 1. The third-order valence-electron chi connectivity index (χ3n) is 5.63. The number of hydrogen-bond donors (Lipinski definition) is 1. The molecule has 1 saturated heterocycles. The number of fused-ring (bicyclic) bond motifs is 1. The van der Waals surface area contributed by atoms with Gasteiger partial charge >= 0.3 is 0 Å². The molecule has 0 bridgehead atoms. The first kappa shape index (κ1) is 18.4. The fourth-order valence-corrected chi connectivity index (χ4v) is 4.85. The van der Waals surface area contributed by atoms with Crippen molar-refractivity contribution in [2.45, 2.75) is 45.7 Å². The molecule has 0 saturated carbocycles. The van der Waals surface area contributed by atoms with Crippen molar-refractivity contribution < 1.29 is 4.79 Å². The van der Waals surface area contributed by atoms with Crippen LogP contribution >= 0.6 is 11.3 Å². The Hall–Kier alpha value is -1.93. The van der Waals surface area contributed by atoms with Gasteiger partial charge in [0.15, 0.2) is 0 Å². The van der Waals surface area contributed by atoms with Crippen LogP contribution in [0.25, 0.3) is 0 Å². The van der Waals surface area contributed by atoms with E-state index in [2.05, 4.69) is 48.0 Å². The molecule has 0 spiro atoms. The number of rotatable bonds is 3. The Kier molecular flexibility index (Phi) is 4.71. The van der Waals surface area contributed by atoms with Crippen LogP contribution in [0.4, 0.5) is 5.82 Å². The standard InChI is InChI=1S/C19H28N6OS/c1-5-23-6-8-24(9-7-23)18(26)14-12-21-25-16(14)22-15(10-19(25,3)4)17-20-11-13(2)27-17/h11-12,15,22H,5-10H2,1-4H3. The SMILES string of the molecule is CCN1CCN(C(=O)c2cnn3c2NC(c2ncc(C)s2)CC3(C)C)CC1. The minimum absolute atomic E-state index is 0.0753. The highest BCUT2D eigenvalue weighted by atomic mass is 32.1. The van der Waals surface area contributed by atoms with Crippen molar-refractivity contribution in [3.63, 3.8) is 0 Å². The molecule has 2 aromatic heterocycles. The van der Waals surface area contributed by atoms with Gasteiger partial charge in [-0.3, -0.25) is 4.79 Å². The summed E-state index contributed by atoms with van der Waals surface area (Å²) in [5.41, 5.74) is 0.496. The minimum atomic E-state index is -0.176. The third kappa shape index (κ3) is 3.36. The lowest BCUT2D eigenvalue weighted by molar-refractivity contribution is 0.0644. The van der Waals surface area contributed by atoms with Gasteiger partial charge in [-0.15, -0.1) is 11.3 Å². The summed E-state index contributed by atoms with van der Waals surface area (Å²) in [4.78, 5) is 23.3. The molecule has 1 fully saturated rings. The number of carbonyl (C=O) groups is 1. The Morgan fingerprint density at radius 1 is 1.30 bits per heavy atom. The van der Waals surface area contributed by atoms with Crippen molar-refractivity contribution in [1.29, 1.82) is 0 Å². The quantitative estimate of drug-likeness (QED) is 0.876. The van der Waals surface area contributed by atoms with E-state index in [9.17, 15) is 4.79 Å². The van der Waals surface area contributed by atoms with Gasteiger partial charge in [-0.25, -0.2) is 9.67 Å². The normalized spacial score (nSPS) is 22.4. The van der Waals surface area contributed by atoms with Crippen LogP contribution in [0.15, 0.2) is 12.4 Å². The highest BCUT2D eigenvalue weighted by Crippen LogP contribution is 2.41. The lowest BCUT2D eigenvalue weighted by Gasteiger charge is -2.38. The minimum Gasteiger partial charge on any atom is -0.360 e. The number of amides is 1. The van der Waals surface area contributed by atoms with Crippen LogP contribution in [0.5, 0.6) is 0 Å². The molecule has 146 valence electrons. The van der Waals surface area contributed by atoms with Gasteiger partial charge in [0.1, 0.15) is 16.4 Å². The van der Waals surface area contributed by atoms with Gasteiger partial charge in [-0.05, 0) is 33.7 Å². The van der Waals surface area contributed by atoms with E-state index >= 15 is 0 Å². The Labute approximate surface area is 164 Å². The van der Waals surface area contributed by atoms with Gasteiger partial charge in [0.05, 0.1) is 17.8 Å². The molecule has 0 radical (unpaired) electrons. The predicted octanol–water partition coefficient (Wildman–Crippen LogP) is 2.72. The molecular formula is C19H28N6OS. The van der Waals surface area contributed by atoms with E-state index in [0.717, 1.165) is 50.0 Å². The van der Waals surface area contributed by atoms with E-state index in [0.29, 0.717) is 5.56 Å². The molecule has 0 aromatic carbocycles. The zero-order valence-corrected chi connectivity index (χ0v) is 17.3. The second-order valence-corrected chi connectivity index (χ2v) is 9.33. The van der Waals surface area contributed by atoms with Gasteiger partial charge in [0, 0.05) is 37.3 Å². The van der Waals surface area contributed by atoms with Crippen LogP contribution < -0.4 is 5.32 Å². The molecule has 1 atom stereocenters. The number of likely N-dealkylation sites (N-methyl/N-ethyl adjacent to an activating group) is 1. The monoisotopic (exact) mass is 388 g/mol. The van der Waals surface area contributed by atoms with Crippen LogP contribution in [-0.4, -0.2) is 63.2 Å². The summed E-state index contributed by atoms with van der Waals surface area (Å²) in [7, 11) is 0. The van der Waals surface area contributed by atoms with Gasteiger partial charge in [-0.1, -0.05) is 6.92 Å².